The maximum Gasteiger partial charge on any atom is 0.242 e. The Kier molecular flexibility index (Phi) is 5.43. The van der Waals surface area contributed by atoms with E-state index in [2.05, 4.69) is 11.4 Å². The Morgan fingerprint density at radius 3 is 2.61 bits per heavy atom. The number of anilines is 1. The minimum Gasteiger partial charge on any atom is -0.495 e. The normalized spacial score (nSPS) is 18.0. The summed E-state index contributed by atoms with van der Waals surface area (Å²) in [6.07, 6.45) is 6.43. The molecule has 0 aromatic heterocycles. The van der Waals surface area contributed by atoms with Gasteiger partial charge in [0.25, 0.3) is 0 Å². The molecule has 23 heavy (non-hydrogen) atoms. The summed E-state index contributed by atoms with van der Waals surface area (Å²) in [6.45, 7) is 0. The summed E-state index contributed by atoms with van der Waals surface area (Å²) < 4.78 is 30.8. The van der Waals surface area contributed by atoms with Crippen molar-refractivity contribution < 1.29 is 17.9 Å². The molecule has 1 N–H and O–H groups in total. The van der Waals surface area contributed by atoms with Crippen LogP contribution in [-0.2, 0) is 14.8 Å². The highest BCUT2D eigenvalue weighted by molar-refractivity contribution is 7.89. The van der Waals surface area contributed by atoms with Crippen molar-refractivity contribution in [3.8, 4) is 5.75 Å². The summed E-state index contributed by atoms with van der Waals surface area (Å²) in [6, 6.07) is 4.45. The van der Waals surface area contributed by atoms with Crippen LogP contribution in [0.2, 0.25) is 0 Å². The van der Waals surface area contributed by atoms with Crippen LogP contribution in [0.15, 0.2) is 35.2 Å². The number of methoxy groups -OCH3 is 1. The molecule has 6 nitrogen and oxygen atoms in total. The highest BCUT2D eigenvalue weighted by atomic mass is 32.2. The molecule has 0 unspecified atom stereocenters. The van der Waals surface area contributed by atoms with E-state index in [1.165, 1.54) is 33.3 Å². The van der Waals surface area contributed by atoms with Crippen LogP contribution in [0.25, 0.3) is 0 Å². The Bertz CT molecular complexity index is 711. The van der Waals surface area contributed by atoms with Crippen molar-refractivity contribution in [2.45, 2.75) is 24.2 Å². The van der Waals surface area contributed by atoms with Crippen molar-refractivity contribution >= 4 is 21.6 Å². The third kappa shape index (κ3) is 3.92. The van der Waals surface area contributed by atoms with Gasteiger partial charge in [0.15, 0.2) is 0 Å². The Morgan fingerprint density at radius 1 is 1.30 bits per heavy atom. The smallest absolute Gasteiger partial charge is 0.242 e. The van der Waals surface area contributed by atoms with Crippen LogP contribution in [0.1, 0.15) is 19.3 Å². The molecule has 0 saturated heterocycles. The zero-order valence-electron chi connectivity index (χ0n) is 13.6. The zero-order chi connectivity index (χ0) is 17.0. The van der Waals surface area contributed by atoms with Gasteiger partial charge in [-0.3, -0.25) is 4.79 Å². The summed E-state index contributed by atoms with van der Waals surface area (Å²) >= 11 is 0. The molecular weight excluding hydrogens is 316 g/mol. The fraction of sp³-hybridized carbons (Fsp3) is 0.438. The van der Waals surface area contributed by atoms with Gasteiger partial charge in [0, 0.05) is 20.0 Å². The van der Waals surface area contributed by atoms with Crippen LogP contribution in [0.4, 0.5) is 5.69 Å². The highest BCUT2D eigenvalue weighted by Gasteiger charge is 2.22. The first-order valence-corrected chi connectivity index (χ1v) is 8.86. The van der Waals surface area contributed by atoms with Crippen LogP contribution in [0, 0.1) is 5.92 Å². The number of carbonyl (C=O) groups excluding carboxylic acids is 1. The lowest BCUT2D eigenvalue weighted by Gasteiger charge is -2.19. The number of allylic oxidation sites excluding steroid dienone is 2. The summed E-state index contributed by atoms with van der Waals surface area (Å²) in [5.41, 5.74) is 0.370. The number of amides is 1. The van der Waals surface area contributed by atoms with Crippen LogP contribution in [-0.4, -0.2) is 39.8 Å². The number of sulfonamides is 1. The molecular formula is C16H22N2O4S. The lowest BCUT2D eigenvalue weighted by molar-refractivity contribution is -0.120. The van der Waals surface area contributed by atoms with Gasteiger partial charge in [-0.15, -0.1) is 0 Å². The standard InChI is InChI=1S/C16H22N2O4S/c1-18(2)23(20,21)13-9-10-15(22-3)14(11-13)17-16(19)12-7-5-4-6-8-12/h4-5,9-12H,6-8H2,1-3H3,(H,17,19)/t12-/m0/s1. The number of nitrogens with zero attached hydrogens (tertiary/aromatic N) is 1. The fourth-order valence-electron chi connectivity index (χ4n) is 2.42. The summed E-state index contributed by atoms with van der Waals surface area (Å²) in [5.74, 6) is 0.216. The number of benzene rings is 1. The number of hydrogen-bond acceptors (Lipinski definition) is 4. The Labute approximate surface area is 137 Å². The molecule has 1 amide bonds. The highest BCUT2D eigenvalue weighted by Crippen LogP contribution is 2.30. The van der Waals surface area contributed by atoms with Crippen molar-refractivity contribution in [3.05, 3.63) is 30.4 Å². The molecule has 7 heteroatoms. The lowest BCUT2D eigenvalue weighted by atomic mass is 9.93. The molecule has 0 saturated carbocycles. The van der Waals surface area contributed by atoms with Gasteiger partial charge in [0.05, 0.1) is 17.7 Å². The van der Waals surface area contributed by atoms with Gasteiger partial charge in [-0.1, -0.05) is 12.2 Å². The summed E-state index contributed by atoms with van der Waals surface area (Å²) in [7, 11) is 0.840. The molecule has 0 spiro atoms. The second kappa shape index (κ2) is 7.14. The van der Waals surface area contributed by atoms with Crippen LogP contribution in [0.3, 0.4) is 0 Å². The quantitative estimate of drug-likeness (QED) is 0.836. The average molecular weight is 338 g/mol. The van der Waals surface area contributed by atoms with E-state index in [0.29, 0.717) is 17.9 Å². The number of nitrogens with one attached hydrogen (secondary N) is 1. The maximum atomic E-state index is 12.4. The first-order chi connectivity index (χ1) is 10.9. The van der Waals surface area contributed by atoms with Crippen molar-refractivity contribution in [2.75, 3.05) is 26.5 Å². The minimum absolute atomic E-state index is 0.0983. The first-order valence-electron chi connectivity index (χ1n) is 7.42. The molecule has 126 valence electrons. The number of carbonyl (C=O) groups is 1. The molecule has 1 aromatic carbocycles. The Hall–Kier alpha value is -1.86. The molecule has 0 fully saturated rings. The van der Waals surface area contributed by atoms with Gasteiger partial charge >= 0.3 is 0 Å². The average Bonchev–Trinajstić information content (AvgIpc) is 2.55. The van der Waals surface area contributed by atoms with Crippen LogP contribution < -0.4 is 10.1 Å². The molecule has 1 aliphatic rings. The number of rotatable bonds is 5. The van der Waals surface area contributed by atoms with E-state index < -0.39 is 10.0 Å². The number of ether oxygens (including phenoxy) is 1. The van der Waals surface area contributed by atoms with Crippen LogP contribution in [0.5, 0.6) is 5.75 Å². The second-order valence-electron chi connectivity index (χ2n) is 5.62. The zero-order valence-corrected chi connectivity index (χ0v) is 14.4. The third-order valence-electron chi connectivity index (χ3n) is 3.85. The van der Waals surface area contributed by atoms with E-state index in [9.17, 15) is 13.2 Å². The van der Waals surface area contributed by atoms with E-state index in [-0.39, 0.29) is 16.7 Å². The minimum atomic E-state index is -3.57. The van der Waals surface area contributed by atoms with E-state index in [4.69, 9.17) is 4.74 Å². The monoisotopic (exact) mass is 338 g/mol. The molecule has 2 rings (SSSR count). The van der Waals surface area contributed by atoms with Gasteiger partial charge in [-0.25, -0.2) is 12.7 Å². The van der Waals surface area contributed by atoms with E-state index in [0.717, 1.165) is 17.1 Å². The Balaban J connectivity index is 2.29. The molecule has 1 aliphatic carbocycles. The van der Waals surface area contributed by atoms with Crippen LogP contribution >= 0.6 is 0 Å². The Morgan fingerprint density at radius 2 is 2.04 bits per heavy atom. The topological polar surface area (TPSA) is 75.7 Å². The molecule has 0 heterocycles. The SMILES string of the molecule is COc1ccc(S(=O)(=O)N(C)C)cc1NC(=O)[C@H]1CC=CCC1. The van der Waals surface area contributed by atoms with E-state index >= 15 is 0 Å². The predicted molar refractivity (Wildman–Crippen MR) is 89.0 cm³/mol. The maximum absolute atomic E-state index is 12.4. The summed E-state index contributed by atoms with van der Waals surface area (Å²) in [5, 5.41) is 2.80. The van der Waals surface area contributed by atoms with Gasteiger partial charge in [0.2, 0.25) is 15.9 Å². The fourth-order valence-corrected chi connectivity index (χ4v) is 3.35. The van der Waals surface area contributed by atoms with Gasteiger partial charge in [0.1, 0.15) is 5.75 Å². The first kappa shape index (κ1) is 17.5. The van der Waals surface area contributed by atoms with E-state index in [1.807, 2.05) is 6.08 Å². The van der Waals surface area contributed by atoms with E-state index in [1.54, 1.807) is 6.07 Å². The molecule has 0 aliphatic heterocycles. The molecule has 1 aromatic rings. The van der Waals surface area contributed by atoms with Gasteiger partial charge < -0.3 is 10.1 Å². The molecule has 0 radical (unpaired) electrons. The lowest BCUT2D eigenvalue weighted by Crippen LogP contribution is -2.25. The summed E-state index contributed by atoms with van der Waals surface area (Å²) in [4.78, 5) is 12.5. The van der Waals surface area contributed by atoms with Gasteiger partial charge in [-0.05, 0) is 37.5 Å². The predicted octanol–water partition coefficient (Wildman–Crippen LogP) is 2.24. The largest absolute Gasteiger partial charge is 0.495 e. The number of hydrogen-bond donors (Lipinski definition) is 1. The third-order valence-corrected chi connectivity index (χ3v) is 5.66. The molecule has 0 bridgehead atoms. The van der Waals surface area contributed by atoms with Crippen molar-refractivity contribution in [1.29, 1.82) is 0 Å². The van der Waals surface area contributed by atoms with Crippen molar-refractivity contribution in [1.82, 2.24) is 4.31 Å². The van der Waals surface area contributed by atoms with Crippen molar-refractivity contribution in [3.63, 3.8) is 0 Å². The van der Waals surface area contributed by atoms with Gasteiger partial charge in [-0.2, -0.15) is 0 Å². The molecule has 1 atom stereocenters. The van der Waals surface area contributed by atoms with Crippen molar-refractivity contribution in [2.24, 2.45) is 5.92 Å². The second-order valence-corrected chi connectivity index (χ2v) is 7.77.